The Labute approximate surface area is 112 Å². The molecular formula is C14H29N3O. The van der Waals surface area contributed by atoms with Crippen molar-refractivity contribution in [1.82, 2.24) is 10.2 Å². The lowest BCUT2D eigenvalue weighted by atomic mass is 9.97. The van der Waals surface area contributed by atoms with E-state index >= 15 is 0 Å². The Balaban J connectivity index is 3.76. The van der Waals surface area contributed by atoms with Gasteiger partial charge in [0.05, 0.1) is 6.07 Å². The van der Waals surface area contributed by atoms with Gasteiger partial charge in [-0.1, -0.05) is 6.92 Å². The summed E-state index contributed by atoms with van der Waals surface area (Å²) in [5.74, 6) is 0. The molecule has 1 unspecified atom stereocenters. The van der Waals surface area contributed by atoms with Gasteiger partial charge in [0.1, 0.15) is 5.54 Å². The van der Waals surface area contributed by atoms with Gasteiger partial charge in [0.15, 0.2) is 0 Å². The van der Waals surface area contributed by atoms with Gasteiger partial charge in [-0.05, 0) is 52.7 Å². The predicted molar refractivity (Wildman–Crippen MR) is 75.5 cm³/mol. The summed E-state index contributed by atoms with van der Waals surface area (Å²) in [6, 6.07) is 2.39. The molecule has 0 saturated heterocycles. The van der Waals surface area contributed by atoms with Crippen LogP contribution in [0.2, 0.25) is 0 Å². The fourth-order valence-corrected chi connectivity index (χ4v) is 1.88. The Morgan fingerprint density at radius 1 is 1.33 bits per heavy atom. The van der Waals surface area contributed by atoms with E-state index in [1.54, 1.807) is 7.11 Å². The third-order valence-electron chi connectivity index (χ3n) is 3.12. The highest BCUT2D eigenvalue weighted by Crippen LogP contribution is 2.11. The molecule has 18 heavy (non-hydrogen) atoms. The van der Waals surface area contributed by atoms with Crippen LogP contribution in [0.25, 0.3) is 0 Å². The van der Waals surface area contributed by atoms with Crippen LogP contribution in [-0.4, -0.2) is 50.8 Å². The second-order valence-corrected chi connectivity index (χ2v) is 5.12. The molecule has 0 aliphatic rings. The average Bonchev–Trinajstić information content (AvgIpc) is 2.37. The van der Waals surface area contributed by atoms with Crippen molar-refractivity contribution >= 4 is 0 Å². The highest BCUT2D eigenvalue weighted by Gasteiger charge is 2.21. The minimum Gasteiger partial charge on any atom is -0.385 e. The van der Waals surface area contributed by atoms with Crippen molar-refractivity contribution in [2.45, 2.75) is 45.1 Å². The smallest absolute Gasteiger partial charge is 0.103 e. The molecular weight excluding hydrogens is 226 g/mol. The molecule has 0 aliphatic heterocycles. The van der Waals surface area contributed by atoms with Crippen LogP contribution >= 0.6 is 0 Å². The van der Waals surface area contributed by atoms with Crippen LogP contribution in [0.4, 0.5) is 0 Å². The summed E-state index contributed by atoms with van der Waals surface area (Å²) in [5, 5.41) is 12.5. The minimum absolute atomic E-state index is 0.372. The summed E-state index contributed by atoms with van der Waals surface area (Å²) in [7, 11) is 3.86. The van der Waals surface area contributed by atoms with E-state index in [0.717, 1.165) is 51.9 Å². The van der Waals surface area contributed by atoms with Crippen molar-refractivity contribution in [1.29, 1.82) is 5.26 Å². The number of ether oxygens (including phenoxy) is 1. The molecule has 1 atom stereocenters. The highest BCUT2D eigenvalue weighted by molar-refractivity contribution is 5.03. The van der Waals surface area contributed by atoms with Gasteiger partial charge in [-0.15, -0.1) is 0 Å². The van der Waals surface area contributed by atoms with Crippen molar-refractivity contribution in [3.05, 3.63) is 0 Å². The van der Waals surface area contributed by atoms with Gasteiger partial charge in [-0.3, -0.25) is 5.32 Å². The van der Waals surface area contributed by atoms with Gasteiger partial charge in [0, 0.05) is 20.3 Å². The number of rotatable bonds is 11. The Morgan fingerprint density at radius 2 is 2.00 bits per heavy atom. The molecule has 4 heteroatoms. The molecule has 0 spiro atoms. The van der Waals surface area contributed by atoms with Crippen LogP contribution in [0.15, 0.2) is 0 Å². The molecule has 0 aliphatic carbocycles. The molecule has 0 saturated carbocycles. The van der Waals surface area contributed by atoms with Gasteiger partial charge in [0.25, 0.3) is 0 Å². The first-order valence-corrected chi connectivity index (χ1v) is 6.91. The van der Waals surface area contributed by atoms with E-state index < -0.39 is 0 Å². The molecule has 1 N–H and O–H groups in total. The van der Waals surface area contributed by atoms with Gasteiger partial charge >= 0.3 is 0 Å². The monoisotopic (exact) mass is 255 g/mol. The number of nitrogens with one attached hydrogen (secondary N) is 1. The molecule has 4 nitrogen and oxygen atoms in total. The molecule has 106 valence electrons. The van der Waals surface area contributed by atoms with Gasteiger partial charge in [-0.25, -0.2) is 0 Å². The lowest BCUT2D eigenvalue weighted by molar-refractivity contribution is 0.178. The number of hydrogen-bond donors (Lipinski definition) is 1. The summed E-state index contributed by atoms with van der Waals surface area (Å²) in [6.07, 6.45) is 4.08. The normalized spacial score (nSPS) is 14.4. The molecule has 0 rings (SSSR count). The lowest BCUT2D eigenvalue weighted by Gasteiger charge is -2.24. The van der Waals surface area contributed by atoms with Crippen LogP contribution in [0.3, 0.4) is 0 Å². The van der Waals surface area contributed by atoms with Crippen molar-refractivity contribution in [2.24, 2.45) is 0 Å². The molecule has 0 aromatic carbocycles. The van der Waals surface area contributed by atoms with E-state index in [-0.39, 0.29) is 5.54 Å². The van der Waals surface area contributed by atoms with E-state index in [9.17, 15) is 5.26 Å². The topological polar surface area (TPSA) is 48.3 Å². The summed E-state index contributed by atoms with van der Waals surface area (Å²) >= 11 is 0. The van der Waals surface area contributed by atoms with Crippen molar-refractivity contribution in [3.63, 3.8) is 0 Å². The van der Waals surface area contributed by atoms with Gasteiger partial charge < -0.3 is 9.64 Å². The zero-order valence-corrected chi connectivity index (χ0v) is 12.5. The number of hydrogen-bond acceptors (Lipinski definition) is 4. The number of nitriles is 1. The van der Waals surface area contributed by atoms with E-state index in [0.29, 0.717) is 0 Å². The second kappa shape index (κ2) is 10.3. The van der Waals surface area contributed by atoms with Crippen molar-refractivity contribution in [3.8, 4) is 6.07 Å². The molecule has 0 heterocycles. The molecule has 0 radical (unpaired) electrons. The largest absolute Gasteiger partial charge is 0.385 e. The maximum atomic E-state index is 9.21. The first-order chi connectivity index (χ1) is 8.58. The van der Waals surface area contributed by atoms with Crippen LogP contribution in [-0.2, 0) is 4.74 Å². The Morgan fingerprint density at radius 3 is 2.56 bits per heavy atom. The lowest BCUT2D eigenvalue weighted by Crippen LogP contribution is -2.41. The zero-order chi connectivity index (χ0) is 13.9. The fourth-order valence-electron chi connectivity index (χ4n) is 1.88. The summed E-state index contributed by atoms with van der Waals surface area (Å²) in [5.41, 5.74) is -0.372. The Kier molecular flexibility index (Phi) is 9.95. The molecule has 0 aromatic heterocycles. The van der Waals surface area contributed by atoms with Gasteiger partial charge in [-0.2, -0.15) is 5.26 Å². The average molecular weight is 255 g/mol. The Hall–Kier alpha value is -0.630. The van der Waals surface area contributed by atoms with E-state index in [4.69, 9.17) is 4.74 Å². The Bertz CT molecular complexity index is 240. The van der Waals surface area contributed by atoms with E-state index in [2.05, 4.69) is 30.3 Å². The van der Waals surface area contributed by atoms with E-state index in [1.807, 2.05) is 6.92 Å². The van der Waals surface area contributed by atoms with Crippen LogP contribution in [0.5, 0.6) is 0 Å². The third kappa shape index (κ3) is 8.46. The fraction of sp³-hybridized carbons (Fsp3) is 0.929. The summed E-state index contributed by atoms with van der Waals surface area (Å²) in [4.78, 5) is 2.30. The molecule has 0 bridgehead atoms. The third-order valence-corrected chi connectivity index (χ3v) is 3.12. The highest BCUT2D eigenvalue weighted by atomic mass is 16.5. The maximum absolute atomic E-state index is 9.21. The standard InChI is InChI=1S/C14H29N3O/c1-5-9-16-14(2,13-15)8-6-10-17(3)11-7-12-18-4/h16H,5-12H2,1-4H3. The van der Waals surface area contributed by atoms with Crippen LogP contribution in [0, 0.1) is 11.3 Å². The summed E-state index contributed by atoms with van der Waals surface area (Å²) in [6.45, 7) is 7.93. The van der Waals surface area contributed by atoms with Crippen LogP contribution in [0.1, 0.15) is 39.5 Å². The number of nitrogens with zero attached hydrogens (tertiary/aromatic N) is 2. The van der Waals surface area contributed by atoms with Crippen molar-refractivity contribution in [2.75, 3.05) is 40.4 Å². The molecule has 0 aromatic rings. The zero-order valence-electron chi connectivity index (χ0n) is 12.5. The number of methoxy groups -OCH3 is 1. The summed E-state index contributed by atoms with van der Waals surface area (Å²) < 4.78 is 5.03. The predicted octanol–water partition coefficient (Wildman–Crippen LogP) is 2.02. The maximum Gasteiger partial charge on any atom is 0.103 e. The van der Waals surface area contributed by atoms with Crippen LogP contribution < -0.4 is 5.32 Å². The SMILES string of the molecule is CCCNC(C)(C#N)CCCN(C)CCCOC. The molecule has 0 fully saturated rings. The quantitative estimate of drug-likeness (QED) is 0.574. The minimum atomic E-state index is -0.372. The van der Waals surface area contributed by atoms with Gasteiger partial charge in [0.2, 0.25) is 0 Å². The van der Waals surface area contributed by atoms with E-state index in [1.165, 1.54) is 0 Å². The first-order valence-electron chi connectivity index (χ1n) is 6.91. The second-order valence-electron chi connectivity index (χ2n) is 5.12. The first kappa shape index (κ1) is 17.4. The van der Waals surface area contributed by atoms with Crippen molar-refractivity contribution < 1.29 is 4.74 Å². The molecule has 0 amide bonds.